The third kappa shape index (κ3) is 5.62. The summed E-state index contributed by atoms with van der Waals surface area (Å²) in [6.45, 7) is 7.55. The summed E-state index contributed by atoms with van der Waals surface area (Å²) < 4.78 is 10.6. The number of hydrogen-bond donors (Lipinski definition) is 2. The lowest BCUT2D eigenvalue weighted by Crippen LogP contribution is -2.56. The van der Waals surface area contributed by atoms with E-state index >= 15 is 0 Å². The highest BCUT2D eigenvalue weighted by Gasteiger charge is 2.32. The van der Waals surface area contributed by atoms with Gasteiger partial charge < -0.3 is 20.1 Å². The number of carbonyl (C=O) groups is 2. The van der Waals surface area contributed by atoms with Crippen molar-refractivity contribution in [1.29, 1.82) is 0 Å². The molecule has 7 nitrogen and oxygen atoms in total. The van der Waals surface area contributed by atoms with Gasteiger partial charge in [0.05, 0.1) is 26.7 Å². The highest BCUT2D eigenvalue weighted by atomic mass is 16.5. The molecular formula is C19H29N3O4. The average Bonchev–Trinajstić information content (AvgIpc) is 2.56. The number of amides is 2. The maximum atomic E-state index is 12.4. The van der Waals surface area contributed by atoms with Gasteiger partial charge in [-0.05, 0) is 38.5 Å². The van der Waals surface area contributed by atoms with Crippen molar-refractivity contribution in [3.8, 4) is 11.5 Å². The fourth-order valence-electron chi connectivity index (χ4n) is 3.01. The van der Waals surface area contributed by atoms with Crippen LogP contribution in [-0.4, -0.2) is 55.6 Å². The lowest BCUT2D eigenvalue weighted by atomic mass is 10.0. The Kier molecular flexibility index (Phi) is 6.47. The summed E-state index contributed by atoms with van der Waals surface area (Å²) in [6, 6.07) is 5.15. The van der Waals surface area contributed by atoms with Gasteiger partial charge in [0.25, 0.3) is 0 Å². The van der Waals surface area contributed by atoms with Crippen LogP contribution in [0.15, 0.2) is 18.2 Å². The fourth-order valence-corrected chi connectivity index (χ4v) is 3.01. The molecule has 0 unspecified atom stereocenters. The maximum absolute atomic E-state index is 12.4. The second-order valence-electron chi connectivity index (χ2n) is 7.50. The Bertz CT molecular complexity index is 632. The van der Waals surface area contributed by atoms with Gasteiger partial charge in [-0.25, -0.2) is 0 Å². The first-order valence-corrected chi connectivity index (χ1v) is 8.76. The lowest BCUT2D eigenvalue weighted by molar-refractivity contribution is -0.134. The minimum Gasteiger partial charge on any atom is -0.497 e. The molecule has 1 aliphatic heterocycles. The molecule has 1 aromatic rings. The van der Waals surface area contributed by atoms with E-state index in [0.29, 0.717) is 31.1 Å². The van der Waals surface area contributed by atoms with Crippen LogP contribution in [0.5, 0.6) is 11.5 Å². The molecule has 0 spiro atoms. The van der Waals surface area contributed by atoms with Crippen molar-refractivity contribution in [2.45, 2.75) is 45.3 Å². The number of carbonyl (C=O) groups excluding carboxylic acids is 2. The van der Waals surface area contributed by atoms with E-state index in [1.54, 1.807) is 20.3 Å². The Hall–Kier alpha value is -2.28. The number of methoxy groups -OCH3 is 2. The zero-order valence-electron chi connectivity index (χ0n) is 16.2. The lowest BCUT2D eigenvalue weighted by Gasteiger charge is -2.35. The van der Waals surface area contributed by atoms with Gasteiger partial charge >= 0.3 is 0 Å². The summed E-state index contributed by atoms with van der Waals surface area (Å²) in [7, 11) is 3.21. The number of ether oxygens (including phenoxy) is 2. The Morgan fingerprint density at radius 3 is 2.38 bits per heavy atom. The molecule has 1 atom stereocenters. The van der Waals surface area contributed by atoms with Crippen molar-refractivity contribution >= 4 is 11.8 Å². The Morgan fingerprint density at radius 1 is 1.23 bits per heavy atom. The van der Waals surface area contributed by atoms with Gasteiger partial charge in [0.15, 0.2) is 0 Å². The van der Waals surface area contributed by atoms with E-state index in [-0.39, 0.29) is 23.8 Å². The number of piperazine rings is 1. The second kappa shape index (κ2) is 8.40. The molecule has 144 valence electrons. The smallest absolute Gasteiger partial charge is 0.237 e. The first kappa shape index (κ1) is 20.0. The van der Waals surface area contributed by atoms with Gasteiger partial charge in [-0.2, -0.15) is 0 Å². The number of nitrogens with one attached hydrogen (secondary N) is 2. The number of rotatable bonds is 6. The summed E-state index contributed by atoms with van der Waals surface area (Å²) in [5.41, 5.74) is 0.643. The van der Waals surface area contributed by atoms with Crippen LogP contribution in [0.3, 0.4) is 0 Å². The summed E-state index contributed by atoms with van der Waals surface area (Å²) in [6.07, 6.45) is 0.129. The molecular weight excluding hydrogens is 334 g/mol. The quantitative estimate of drug-likeness (QED) is 0.797. The van der Waals surface area contributed by atoms with Gasteiger partial charge in [0.2, 0.25) is 11.8 Å². The van der Waals surface area contributed by atoms with Crippen LogP contribution in [0.2, 0.25) is 0 Å². The topological polar surface area (TPSA) is 79.9 Å². The molecule has 0 radical (unpaired) electrons. The molecule has 7 heteroatoms. The maximum Gasteiger partial charge on any atom is 0.237 e. The van der Waals surface area contributed by atoms with Gasteiger partial charge in [-0.3, -0.25) is 14.5 Å². The molecule has 2 N–H and O–H groups in total. The van der Waals surface area contributed by atoms with Crippen LogP contribution < -0.4 is 20.1 Å². The highest BCUT2D eigenvalue weighted by molar-refractivity contribution is 5.89. The van der Waals surface area contributed by atoms with E-state index in [4.69, 9.17) is 9.47 Å². The first-order chi connectivity index (χ1) is 12.2. The molecule has 0 bridgehead atoms. The average molecular weight is 363 g/mol. The van der Waals surface area contributed by atoms with Crippen molar-refractivity contribution in [3.05, 3.63) is 23.8 Å². The monoisotopic (exact) mass is 363 g/mol. The van der Waals surface area contributed by atoms with Crippen LogP contribution in [0.25, 0.3) is 0 Å². The molecule has 1 saturated heterocycles. The molecule has 0 aliphatic carbocycles. The van der Waals surface area contributed by atoms with E-state index < -0.39 is 6.04 Å². The van der Waals surface area contributed by atoms with E-state index in [0.717, 1.165) is 5.56 Å². The SMILES string of the molecule is COc1cc(CN2CCNC(=O)[C@@H]2CC(=O)NC(C)(C)C)cc(OC)c1. The molecule has 1 fully saturated rings. The molecule has 2 amide bonds. The molecule has 26 heavy (non-hydrogen) atoms. The number of nitrogens with zero attached hydrogens (tertiary/aromatic N) is 1. The predicted octanol–water partition coefficient (Wildman–Crippen LogP) is 1.31. The van der Waals surface area contributed by atoms with Crippen LogP contribution in [0.1, 0.15) is 32.8 Å². The number of benzene rings is 1. The zero-order chi connectivity index (χ0) is 19.3. The summed E-state index contributed by atoms with van der Waals surface area (Å²) >= 11 is 0. The number of hydrogen-bond acceptors (Lipinski definition) is 5. The van der Waals surface area contributed by atoms with Gasteiger partial charge in [-0.15, -0.1) is 0 Å². The van der Waals surface area contributed by atoms with Crippen LogP contribution in [0.4, 0.5) is 0 Å². The minimum absolute atomic E-state index is 0.116. The summed E-state index contributed by atoms with van der Waals surface area (Å²) in [5.74, 6) is 1.15. The van der Waals surface area contributed by atoms with E-state index in [9.17, 15) is 9.59 Å². The van der Waals surface area contributed by atoms with Crippen molar-refractivity contribution in [2.24, 2.45) is 0 Å². The third-order valence-electron chi connectivity index (χ3n) is 4.13. The first-order valence-electron chi connectivity index (χ1n) is 8.76. The summed E-state index contributed by atoms with van der Waals surface area (Å²) in [4.78, 5) is 26.7. The van der Waals surface area contributed by atoms with Crippen LogP contribution >= 0.6 is 0 Å². The standard InChI is InChI=1S/C19H29N3O4/c1-19(2,3)21-17(23)11-16-18(24)20-6-7-22(16)12-13-8-14(25-4)10-15(9-13)26-5/h8-10,16H,6-7,11-12H2,1-5H3,(H,20,24)(H,21,23)/t16-/m0/s1. The van der Waals surface area contributed by atoms with Crippen molar-refractivity contribution in [3.63, 3.8) is 0 Å². The molecule has 0 aromatic heterocycles. The second-order valence-corrected chi connectivity index (χ2v) is 7.50. The highest BCUT2D eigenvalue weighted by Crippen LogP contribution is 2.24. The molecule has 2 rings (SSSR count). The molecule has 1 aromatic carbocycles. The molecule has 1 heterocycles. The van der Waals surface area contributed by atoms with E-state index in [2.05, 4.69) is 10.6 Å². The Morgan fingerprint density at radius 2 is 1.85 bits per heavy atom. The van der Waals surface area contributed by atoms with Crippen molar-refractivity contribution in [2.75, 3.05) is 27.3 Å². The predicted molar refractivity (Wildman–Crippen MR) is 99.3 cm³/mol. The van der Waals surface area contributed by atoms with Gasteiger partial charge in [0, 0.05) is 31.2 Å². The Labute approximate surface area is 155 Å². The largest absolute Gasteiger partial charge is 0.497 e. The van der Waals surface area contributed by atoms with Gasteiger partial charge in [-0.1, -0.05) is 0 Å². The summed E-state index contributed by atoms with van der Waals surface area (Å²) in [5, 5.41) is 5.77. The van der Waals surface area contributed by atoms with Gasteiger partial charge in [0.1, 0.15) is 11.5 Å². The normalized spacial score (nSPS) is 18.2. The van der Waals surface area contributed by atoms with Crippen LogP contribution in [0, 0.1) is 0 Å². The Balaban J connectivity index is 2.15. The molecule has 0 saturated carbocycles. The minimum atomic E-state index is -0.497. The molecule has 1 aliphatic rings. The van der Waals surface area contributed by atoms with Crippen LogP contribution in [-0.2, 0) is 16.1 Å². The van der Waals surface area contributed by atoms with E-state index in [1.807, 2.05) is 37.8 Å². The van der Waals surface area contributed by atoms with E-state index in [1.165, 1.54) is 0 Å². The van der Waals surface area contributed by atoms with Crippen molar-refractivity contribution in [1.82, 2.24) is 15.5 Å². The third-order valence-corrected chi connectivity index (χ3v) is 4.13. The van der Waals surface area contributed by atoms with Crippen molar-refractivity contribution < 1.29 is 19.1 Å². The zero-order valence-corrected chi connectivity index (χ0v) is 16.2. The fraction of sp³-hybridized carbons (Fsp3) is 0.579.